The predicted molar refractivity (Wildman–Crippen MR) is 79.8 cm³/mol. The van der Waals surface area contributed by atoms with Crippen molar-refractivity contribution >= 4 is 21.9 Å². The molecular weight excluding hydrogens is 338 g/mol. The van der Waals surface area contributed by atoms with Crippen LogP contribution in [0.5, 0.6) is 0 Å². The van der Waals surface area contributed by atoms with Gasteiger partial charge in [0.15, 0.2) is 5.82 Å². The van der Waals surface area contributed by atoms with E-state index < -0.39 is 12.0 Å². The summed E-state index contributed by atoms with van der Waals surface area (Å²) in [6, 6.07) is 7.27. The van der Waals surface area contributed by atoms with Crippen molar-refractivity contribution in [2.75, 3.05) is 7.05 Å². The number of hydrogen-bond acceptors (Lipinski definition) is 5. The van der Waals surface area contributed by atoms with Crippen LogP contribution in [0.3, 0.4) is 0 Å². The molecule has 2 aromatic rings. The maximum atomic E-state index is 10.9. The van der Waals surface area contributed by atoms with Gasteiger partial charge in [-0.2, -0.15) is 4.98 Å². The SMILES string of the molecule is CC(C(=O)O)N(C)Cc1nc(Cc2cccc(Br)c2)no1. The molecule has 1 aromatic heterocycles. The van der Waals surface area contributed by atoms with Crippen LogP contribution in [0.25, 0.3) is 0 Å². The minimum atomic E-state index is -0.883. The van der Waals surface area contributed by atoms with E-state index >= 15 is 0 Å². The van der Waals surface area contributed by atoms with Crippen LogP contribution in [0.4, 0.5) is 0 Å². The van der Waals surface area contributed by atoms with Crippen molar-refractivity contribution in [2.45, 2.75) is 25.9 Å². The van der Waals surface area contributed by atoms with Crippen molar-refractivity contribution in [1.29, 1.82) is 0 Å². The van der Waals surface area contributed by atoms with Gasteiger partial charge < -0.3 is 9.63 Å². The summed E-state index contributed by atoms with van der Waals surface area (Å²) >= 11 is 3.42. The Morgan fingerprint density at radius 3 is 2.95 bits per heavy atom. The summed E-state index contributed by atoms with van der Waals surface area (Å²) in [6.45, 7) is 1.92. The van der Waals surface area contributed by atoms with Gasteiger partial charge in [0.2, 0.25) is 5.89 Å². The van der Waals surface area contributed by atoms with Crippen LogP contribution >= 0.6 is 15.9 Å². The van der Waals surface area contributed by atoms with E-state index in [0.29, 0.717) is 24.7 Å². The first-order valence-electron chi connectivity index (χ1n) is 6.44. The fourth-order valence-electron chi connectivity index (χ4n) is 1.79. The lowest BCUT2D eigenvalue weighted by molar-refractivity contribution is -0.142. The predicted octanol–water partition coefficient (Wildman–Crippen LogP) is 2.33. The van der Waals surface area contributed by atoms with Crippen molar-refractivity contribution in [3.05, 3.63) is 46.0 Å². The van der Waals surface area contributed by atoms with Gasteiger partial charge in [-0.1, -0.05) is 33.2 Å². The highest BCUT2D eigenvalue weighted by molar-refractivity contribution is 9.10. The van der Waals surface area contributed by atoms with E-state index in [1.165, 1.54) is 0 Å². The molecule has 6 nitrogen and oxygen atoms in total. The van der Waals surface area contributed by atoms with Crippen molar-refractivity contribution in [3.63, 3.8) is 0 Å². The molecule has 7 heteroatoms. The number of halogens is 1. The van der Waals surface area contributed by atoms with Crippen LogP contribution < -0.4 is 0 Å². The monoisotopic (exact) mass is 353 g/mol. The third-order valence-corrected chi connectivity index (χ3v) is 3.66. The van der Waals surface area contributed by atoms with Crippen molar-refractivity contribution in [3.8, 4) is 0 Å². The first kappa shape index (κ1) is 15.7. The third kappa shape index (κ3) is 4.37. The molecular formula is C14H16BrN3O3. The number of nitrogens with zero attached hydrogens (tertiary/aromatic N) is 3. The van der Waals surface area contributed by atoms with Crippen LogP contribution in [0.1, 0.15) is 24.2 Å². The highest BCUT2D eigenvalue weighted by atomic mass is 79.9. The molecule has 0 amide bonds. The van der Waals surface area contributed by atoms with Crippen LogP contribution in [-0.4, -0.2) is 39.2 Å². The zero-order valence-electron chi connectivity index (χ0n) is 11.8. The van der Waals surface area contributed by atoms with Gasteiger partial charge in [0.25, 0.3) is 0 Å². The lowest BCUT2D eigenvalue weighted by Crippen LogP contribution is -2.35. The summed E-state index contributed by atoms with van der Waals surface area (Å²) in [7, 11) is 1.71. The van der Waals surface area contributed by atoms with E-state index in [1.54, 1.807) is 18.9 Å². The summed E-state index contributed by atoms with van der Waals surface area (Å²) in [5, 5.41) is 12.9. The fourth-order valence-corrected chi connectivity index (χ4v) is 2.24. The van der Waals surface area contributed by atoms with Crippen molar-refractivity contribution in [2.24, 2.45) is 0 Å². The molecule has 1 atom stereocenters. The Morgan fingerprint density at radius 2 is 2.29 bits per heavy atom. The third-order valence-electron chi connectivity index (χ3n) is 3.16. The molecule has 0 saturated carbocycles. The number of aliphatic carboxylic acids is 1. The molecule has 21 heavy (non-hydrogen) atoms. The topological polar surface area (TPSA) is 79.5 Å². The van der Waals surface area contributed by atoms with Gasteiger partial charge in [-0.25, -0.2) is 0 Å². The van der Waals surface area contributed by atoms with Crippen LogP contribution in [0.2, 0.25) is 0 Å². The Labute approximate surface area is 130 Å². The number of carboxylic acids is 1. The molecule has 0 aliphatic carbocycles. The molecule has 2 rings (SSSR count). The highest BCUT2D eigenvalue weighted by Crippen LogP contribution is 2.14. The standard InChI is InChI=1S/C14H16BrN3O3/c1-9(14(19)20)18(2)8-13-16-12(17-21-13)7-10-4-3-5-11(15)6-10/h3-6,9H,7-8H2,1-2H3,(H,19,20). The van der Waals surface area contributed by atoms with Gasteiger partial charge in [-0.05, 0) is 31.7 Å². The summed E-state index contributed by atoms with van der Waals surface area (Å²) < 4.78 is 6.16. The molecule has 0 saturated heterocycles. The molecule has 1 unspecified atom stereocenters. The molecule has 112 valence electrons. The molecule has 0 radical (unpaired) electrons. The fraction of sp³-hybridized carbons (Fsp3) is 0.357. The molecule has 0 aliphatic rings. The van der Waals surface area contributed by atoms with Crippen LogP contribution in [-0.2, 0) is 17.8 Å². The molecule has 1 heterocycles. The molecule has 0 bridgehead atoms. The minimum Gasteiger partial charge on any atom is -0.480 e. The van der Waals surface area contributed by atoms with Gasteiger partial charge in [0.1, 0.15) is 6.04 Å². The summed E-state index contributed by atoms with van der Waals surface area (Å²) in [5.74, 6) is 0.112. The van der Waals surface area contributed by atoms with Gasteiger partial charge in [0.05, 0.1) is 6.54 Å². The maximum absolute atomic E-state index is 10.9. The summed E-state index contributed by atoms with van der Waals surface area (Å²) in [4.78, 5) is 16.8. The smallest absolute Gasteiger partial charge is 0.320 e. The second-order valence-electron chi connectivity index (χ2n) is 4.84. The number of aromatic nitrogens is 2. The number of carbonyl (C=O) groups is 1. The first-order chi connectivity index (χ1) is 9.95. The molecule has 1 N–H and O–H groups in total. The summed E-state index contributed by atoms with van der Waals surface area (Å²) in [5.41, 5.74) is 1.07. The average Bonchev–Trinajstić information content (AvgIpc) is 2.84. The zero-order chi connectivity index (χ0) is 15.4. The van der Waals surface area contributed by atoms with Crippen LogP contribution in [0.15, 0.2) is 33.3 Å². The maximum Gasteiger partial charge on any atom is 0.320 e. The van der Waals surface area contributed by atoms with E-state index in [4.69, 9.17) is 9.63 Å². The zero-order valence-corrected chi connectivity index (χ0v) is 13.4. The van der Waals surface area contributed by atoms with Gasteiger partial charge in [0, 0.05) is 10.9 Å². The number of likely N-dealkylation sites (N-methyl/N-ethyl adjacent to an activating group) is 1. The molecule has 0 fully saturated rings. The van der Waals surface area contributed by atoms with Crippen LogP contribution in [0, 0.1) is 0 Å². The lowest BCUT2D eigenvalue weighted by Gasteiger charge is -2.18. The minimum absolute atomic E-state index is 0.305. The average molecular weight is 354 g/mol. The number of benzene rings is 1. The van der Waals surface area contributed by atoms with Gasteiger partial charge in [-0.3, -0.25) is 9.69 Å². The number of hydrogen-bond donors (Lipinski definition) is 1. The van der Waals surface area contributed by atoms with E-state index in [-0.39, 0.29) is 0 Å². The van der Waals surface area contributed by atoms with Crippen molar-refractivity contribution in [1.82, 2.24) is 15.0 Å². The molecule has 0 aliphatic heterocycles. The quantitative estimate of drug-likeness (QED) is 0.858. The lowest BCUT2D eigenvalue weighted by atomic mass is 10.1. The Morgan fingerprint density at radius 1 is 1.52 bits per heavy atom. The Bertz CT molecular complexity index is 629. The second-order valence-corrected chi connectivity index (χ2v) is 5.76. The summed E-state index contributed by atoms with van der Waals surface area (Å²) in [6.07, 6.45) is 0.571. The van der Waals surface area contributed by atoms with Gasteiger partial charge >= 0.3 is 5.97 Å². The van der Waals surface area contributed by atoms with Gasteiger partial charge in [-0.15, -0.1) is 0 Å². The van der Waals surface area contributed by atoms with E-state index in [9.17, 15) is 4.79 Å². The Balaban J connectivity index is 2.00. The molecule has 0 spiro atoms. The number of carboxylic acid groups (broad SMARTS) is 1. The second kappa shape index (κ2) is 6.82. The van der Waals surface area contributed by atoms with Crippen molar-refractivity contribution < 1.29 is 14.4 Å². The van der Waals surface area contributed by atoms with E-state index in [1.807, 2.05) is 24.3 Å². The normalized spacial score (nSPS) is 12.6. The Kier molecular flexibility index (Phi) is 5.08. The highest BCUT2D eigenvalue weighted by Gasteiger charge is 2.19. The number of rotatable bonds is 6. The largest absolute Gasteiger partial charge is 0.480 e. The Hall–Kier alpha value is -1.73. The van der Waals surface area contributed by atoms with E-state index in [0.717, 1.165) is 10.0 Å². The molecule has 1 aromatic carbocycles. The van der Waals surface area contributed by atoms with E-state index in [2.05, 4.69) is 26.1 Å². The first-order valence-corrected chi connectivity index (χ1v) is 7.24.